The first kappa shape index (κ1) is 19.9. The molecule has 11 heteroatoms. The molecular formula is C18H13ClF2N8. The molecule has 1 aromatic carbocycles. The Morgan fingerprint density at radius 1 is 1.21 bits per heavy atom. The highest BCUT2D eigenvalue weighted by atomic mass is 35.5. The summed E-state index contributed by atoms with van der Waals surface area (Å²) in [6, 6.07) is 7.46. The molecule has 0 aliphatic carbocycles. The third-order valence-electron chi connectivity index (χ3n) is 3.94. The van der Waals surface area contributed by atoms with E-state index in [1.165, 1.54) is 30.5 Å². The van der Waals surface area contributed by atoms with Gasteiger partial charge in [0.2, 0.25) is 0 Å². The Bertz CT molecular complexity index is 1240. The highest BCUT2D eigenvalue weighted by molar-refractivity contribution is 5.91. The number of aryl methyl sites for hydroxylation is 1. The summed E-state index contributed by atoms with van der Waals surface area (Å²) in [5.41, 5.74) is 5.67. The van der Waals surface area contributed by atoms with Crippen LogP contribution in [0, 0.1) is 29.9 Å². The number of pyridine rings is 1. The topological polar surface area (TPSA) is 118 Å². The maximum absolute atomic E-state index is 14.3. The molecule has 4 rings (SSSR count). The first-order valence-corrected chi connectivity index (χ1v) is 8.07. The number of hydrogen-bond donors (Lipinski definition) is 2. The minimum Gasteiger partial charge on any atom is -0.384 e. The molecule has 4 aromatic rings. The van der Waals surface area contributed by atoms with Crippen LogP contribution in [0.25, 0.3) is 16.6 Å². The number of aromatic nitrogens is 5. The van der Waals surface area contributed by atoms with Gasteiger partial charge >= 0.3 is 0 Å². The average Bonchev–Trinajstić information content (AvgIpc) is 3.09. The van der Waals surface area contributed by atoms with E-state index in [4.69, 9.17) is 5.73 Å². The number of halogens is 3. The van der Waals surface area contributed by atoms with E-state index in [0.717, 1.165) is 10.9 Å². The minimum atomic E-state index is -0.687. The molecule has 3 heterocycles. The lowest BCUT2D eigenvalue weighted by atomic mass is 10.2. The van der Waals surface area contributed by atoms with Gasteiger partial charge in [0.1, 0.15) is 46.4 Å². The molecule has 0 aliphatic heterocycles. The third-order valence-corrected chi connectivity index (χ3v) is 3.94. The van der Waals surface area contributed by atoms with Crippen LogP contribution in [0.4, 0.5) is 26.2 Å². The average molecular weight is 415 g/mol. The summed E-state index contributed by atoms with van der Waals surface area (Å²) in [6.07, 6.45) is 2.39. The molecule has 29 heavy (non-hydrogen) atoms. The first-order valence-electron chi connectivity index (χ1n) is 8.07. The smallest absolute Gasteiger partial charge is 0.169 e. The van der Waals surface area contributed by atoms with Gasteiger partial charge in [-0.2, -0.15) is 10.4 Å². The highest BCUT2D eigenvalue weighted by Gasteiger charge is 2.17. The van der Waals surface area contributed by atoms with Gasteiger partial charge in [-0.25, -0.2) is 28.4 Å². The van der Waals surface area contributed by atoms with Gasteiger partial charge in [0, 0.05) is 12.3 Å². The zero-order valence-corrected chi connectivity index (χ0v) is 15.7. The normalized spacial score (nSPS) is 10.4. The lowest BCUT2D eigenvalue weighted by Crippen LogP contribution is -2.02. The van der Waals surface area contributed by atoms with E-state index in [1.54, 1.807) is 6.92 Å². The predicted molar refractivity (Wildman–Crippen MR) is 105 cm³/mol. The van der Waals surface area contributed by atoms with E-state index in [2.05, 4.69) is 25.4 Å². The van der Waals surface area contributed by atoms with E-state index in [0.29, 0.717) is 11.6 Å². The van der Waals surface area contributed by atoms with Gasteiger partial charge in [0.25, 0.3) is 0 Å². The number of para-hydroxylation sites is 1. The fourth-order valence-corrected chi connectivity index (χ4v) is 2.80. The molecule has 0 aliphatic rings. The number of nitrogen functional groups attached to an aromatic ring is 1. The molecule has 0 saturated heterocycles. The Labute approximate surface area is 169 Å². The van der Waals surface area contributed by atoms with Crippen molar-refractivity contribution in [1.29, 1.82) is 5.26 Å². The van der Waals surface area contributed by atoms with E-state index in [-0.39, 0.29) is 46.2 Å². The monoisotopic (exact) mass is 414 g/mol. The molecule has 0 saturated carbocycles. The van der Waals surface area contributed by atoms with Crippen LogP contribution in [0.5, 0.6) is 0 Å². The predicted octanol–water partition coefficient (Wildman–Crippen LogP) is 3.42. The van der Waals surface area contributed by atoms with E-state index >= 15 is 0 Å². The maximum atomic E-state index is 14.3. The highest BCUT2D eigenvalue weighted by Crippen LogP contribution is 2.28. The quantitative estimate of drug-likeness (QED) is 0.527. The number of nitrogens with zero attached hydrogens (tertiary/aromatic N) is 6. The summed E-state index contributed by atoms with van der Waals surface area (Å²) < 4.78 is 29.7. The number of rotatable bonds is 3. The summed E-state index contributed by atoms with van der Waals surface area (Å²) >= 11 is 0. The number of fused-ring (bicyclic) bond motifs is 1. The zero-order valence-electron chi connectivity index (χ0n) is 14.9. The molecule has 146 valence electrons. The van der Waals surface area contributed by atoms with Crippen LogP contribution in [0.15, 0.2) is 36.7 Å². The first-order chi connectivity index (χ1) is 13.5. The molecule has 0 fully saturated rings. The van der Waals surface area contributed by atoms with Crippen LogP contribution in [0.2, 0.25) is 0 Å². The molecule has 0 amide bonds. The van der Waals surface area contributed by atoms with Crippen LogP contribution in [-0.4, -0.2) is 24.7 Å². The number of nitriles is 1. The summed E-state index contributed by atoms with van der Waals surface area (Å²) in [7, 11) is 0. The Morgan fingerprint density at radius 3 is 2.72 bits per heavy atom. The molecular weight excluding hydrogens is 402 g/mol. The van der Waals surface area contributed by atoms with Crippen molar-refractivity contribution < 1.29 is 8.78 Å². The Hall–Kier alpha value is -3.84. The number of nitrogens with one attached hydrogen (secondary N) is 1. The summed E-state index contributed by atoms with van der Waals surface area (Å²) in [5.74, 6) is -0.0335. The van der Waals surface area contributed by atoms with Crippen LogP contribution < -0.4 is 11.1 Å². The fraction of sp³-hybridized carbons (Fsp3) is 0.0556. The van der Waals surface area contributed by atoms with Crippen molar-refractivity contribution in [1.82, 2.24) is 24.7 Å². The molecule has 0 unspecified atom stereocenters. The zero-order chi connectivity index (χ0) is 19.8. The van der Waals surface area contributed by atoms with Gasteiger partial charge < -0.3 is 11.1 Å². The van der Waals surface area contributed by atoms with Crippen molar-refractivity contribution >= 4 is 40.8 Å². The van der Waals surface area contributed by atoms with Crippen molar-refractivity contribution in [3.63, 3.8) is 0 Å². The lowest BCUT2D eigenvalue weighted by molar-refractivity contribution is 0.608. The maximum Gasteiger partial charge on any atom is 0.169 e. The molecule has 0 bridgehead atoms. The Kier molecular flexibility index (Phi) is 5.25. The molecule has 8 nitrogen and oxygen atoms in total. The molecule has 0 atom stereocenters. The Balaban J connectivity index is 0.00000240. The van der Waals surface area contributed by atoms with E-state index in [1.807, 2.05) is 6.07 Å². The fourth-order valence-electron chi connectivity index (χ4n) is 2.80. The van der Waals surface area contributed by atoms with Crippen LogP contribution in [0.1, 0.15) is 11.4 Å². The number of nitrogens with two attached hydrogens (primary N) is 1. The van der Waals surface area contributed by atoms with Crippen molar-refractivity contribution in [3.8, 4) is 11.8 Å². The second-order valence-electron chi connectivity index (χ2n) is 5.89. The second kappa shape index (κ2) is 7.65. The van der Waals surface area contributed by atoms with Crippen molar-refractivity contribution in [2.24, 2.45) is 0 Å². The SMILES string of the molecule is Cc1nc(N)cc(Nc2ncc(F)c3nn(-c4c(F)cccc4C#N)cc23)n1.Cl. The minimum absolute atomic E-state index is 0. The number of benzene rings is 1. The van der Waals surface area contributed by atoms with Gasteiger partial charge in [-0.1, -0.05) is 6.07 Å². The third kappa shape index (κ3) is 3.63. The van der Waals surface area contributed by atoms with Crippen molar-refractivity contribution in [2.45, 2.75) is 6.92 Å². The van der Waals surface area contributed by atoms with Gasteiger partial charge in [0.05, 0.1) is 17.1 Å². The lowest BCUT2D eigenvalue weighted by Gasteiger charge is -2.07. The molecule has 0 radical (unpaired) electrons. The van der Waals surface area contributed by atoms with Crippen molar-refractivity contribution in [3.05, 3.63) is 59.7 Å². The summed E-state index contributed by atoms with van der Waals surface area (Å²) in [4.78, 5) is 12.2. The van der Waals surface area contributed by atoms with Gasteiger partial charge in [0.15, 0.2) is 5.82 Å². The van der Waals surface area contributed by atoms with Crippen LogP contribution >= 0.6 is 12.4 Å². The van der Waals surface area contributed by atoms with Crippen molar-refractivity contribution in [2.75, 3.05) is 11.1 Å². The van der Waals surface area contributed by atoms with Crippen LogP contribution in [-0.2, 0) is 0 Å². The largest absolute Gasteiger partial charge is 0.384 e. The van der Waals surface area contributed by atoms with Gasteiger partial charge in [-0.3, -0.25) is 0 Å². The number of hydrogen-bond acceptors (Lipinski definition) is 7. The molecule has 3 N–H and O–H groups in total. The summed E-state index contributed by atoms with van der Waals surface area (Å²) in [5, 5.41) is 16.6. The second-order valence-corrected chi connectivity index (χ2v) is 5.89. The van der Waals surface area contributed by atoms with Gasteiger partial charge in [-0.15, -0.1) is 12.4 Å². The summed E-state index contributed by atoms with van der Waals surface area (Å²) in [6.45, 7) is 1.68. The van der Waals surface area contributed by atoms with Crippen LogP contribution in [0.3, 0.4) is 0 Å². The molecule has 0 spiro atoms. The number of anilines is 3. The molecule has 3 aromatic heterocycles. The van der Waals surface area contributed by atoms with E-state index in [9.17, 15) is 14.0 Å². The van der Waals surface area contributed by atoms with E-state index < -0.39 is 11.6 Å². The standard InChI is InChI=1S/C18H12F2N8.ClH/c1-9-24-14(22)5-15(25-9)26-18-11-8-28(27-16(11)13(20)7-23-18)17-10(6-21)3-2-4-12(17)19;/h2-5,7-8H,1H3,(H3,22,23,24,25,26);1H. The Morgan fingerprint density at radius 2 is 2.00 bits per heavy atom. The van der Waals surface area contributed by atoms with Gasteiger partial charge in [-0.05, 0) is 19.1 Å².